The summed E-state index contributed by atoms with van der Waals surface area (Å²) >= 11 is 0. The van der Waals surface area contributed by atoms with Gasteiger partial charge in [-0.1, -0.05) is 35.0 Å². The third-order valence-corrected chi connectivity index (χ3v) is 6.26. The van der Waals surface area contributed by atoms with Gasteiger partial charge in [-0.2, -0.15) is 4.98 Å². The van der Waals surface area contributed by atoms with E-state index in [4.69, 9.17) is 4.52 Å². The summed E-state index contributed by atoms with van der Waals surface area (Å²) in [5.41, 5.74) is 4.09. The van der Waals surface area contributed by atoms with Crippen molar-refractivity contribution < 1.29 is 13.7 Å². The number of benzene rings is 2. The van der Waals surface area contributed by atoms with Crippen molar-refractivity contribution in [3.05, 3.63) is 71.8 Å². The van der Waals surface area contributed by atoms with E-state index in [2.05, 4.69) is 50.5 Å². The van der Waals surface area contributed by atoms with Crippen molar-refractivity contribution in [2.75, 3.05) is 24.5 Å². The zero-order valence-corrected chi connectivity index (χ0v) is 19.0. The van der Waals surface area contributed by atoms with Gasteiger partial charge in [-0.05, 0) is 56.0 Å². The maximum Gasteiger partial charge on any atom is 0.263 e. The lowest BCUT2D eigenvalue weighted by Gasteiger charge is -2.33. The fourth-order valence-corrected chi connectivity index (χ4v) is 4.54. The Labute approximate surface area is 197 Å². The molecule has 1 saturated heterocycles. The minimum atomic E-state index is -0.319. The van der Waals surface area contributed by atoms with Crippen molar-refractivity contribution in [3.63, 3.8) is 0 Å². The van der Waals surface area contributed by atoms with E-state index >= 15 is 0 Å². The van der Waals surface area contributed by atoms with Crippen LogP contribution in [0.2, 0.25) is 0 Å². The summed E-state index contributed by atoms with van der Waals surface area (Å²) in [5.74, 6) is 0.292. The molecule has 174 valence electrons. The second-order valence-electron chi connectivity index (χ2n) is 8.73. The van der Waals surface area contributed by atoms with Crippen LogP contribution in [0, 0.1) is 18.7 Å². The van der Waals surface area contributed by atoms with Gasteiger partial charge in [0.15, 0.2) is 0 Å². The molecule has 0 unspecified atom stereocenters. The van der Waals surface area contributed by atoms with Crippen LogP contribution in [-0.4, -0.2) is 40.7 Å². The van der Waals surface area contributed by atoms with E-state index in [1.54, 1.807) is 12.1 Å². The largest absolute Gasteiger partial charge is 0.355 e. The van der Waals surface area contributed by atoms with Crippen molar-refractivity contribution in [3.8, 4) is 11.3 Å². The lowest BCUT2D eigenvalue weighted by Crippen LogP contribution is -2.43. The number of piperidine rings is 1. The van der Waals surface area contributed by atoms with Crippen LogP contribution in [0.1, 0.15) is 24.0 Å². The Hall–Kier alpha value is -3.81. The van der Waals surface area contributed by atoms with Crippen molar-refractivity contribution in [1.29, 1.82) is 0 Å². The molecule has 34 heavy (non-hydrogen) atoms. The van der Waals surface area contributed by atoms with E-state index in [1.165, 1.54) is 29.6 Å². The number of anilines is 1. The molecule has 1 aliphatic rings. The molecule has 0 spiro atoms. The highest BCUT2D eigenvalue weighted by Crippen LogP contribution is 2.34. The molecular weight excluding hydrogens is 433 g/mol. The van der Waals surface area contributed by atoms with E-state index in [9.17, 15) is 9.18 Å². The molecule has 0 aliphatic carbocycles. The summed E-state index contributed by atoms with van der Waals surface area (Å²) in [6, 6.07) is 14.4. The summed E-state index contributed by atoms with van der Waals surface area (Å²) in [5, 5.41) is 7.95. The van der Waals surface area contributed by atoms with Crippen LogP contribution in [0.4, 0.5) is 10.2 Å². The highest BCUT2D eigenvalue weighted by molar-refractivity contribution is 5.98. The number of carbonyl (C=O) groups is 1. The van der Waals surface area contributed by atoms with Gasteiger partial charge in [0.2, 0.25) is 5.91 Å². The average Bonchev–Trinajstić information content (AvgIpc) is 3.29. The molecule has 1 atom stereocenters. The maximum absolute atomic E-state index is 13.4. The second kappa shape index (κ2) is 9.59. The van der Waals surface area contributed by atoms with E-state index in [0.29, 0.717) is 35.7 Å². The van der Waals surface area contributed by atoms with Gasteiger partial charge >= 0.3 is 0 Å². The number of carbonyl (C=O) groups excluding carboxylic acids is 1. The number of hydrogen-bond donors (Lipinski definition) is 1. The van der Waals surface area contributed by atoms with Gasteiger partial charge in [0.1, 0.15) is 29.0 Å². The van der Waals surface area contributed by atoms with Crippen LogP contribution >= 0.6 is 0 Å². The fourth-order valence-electron chi connectivity index (χ4n) is 4.54. The van der Waals surface area contributed by atoms with Crippen molar-refractivity contribution >= 4 is 22.8 Å². The number of hydrogen-bond acceptors (Lipinski definition) is 6. The molecule has 2 aromatic carbocycles. The van der Waals surface area contributed by atoms with Crippen molar-refractivity contribution in [2.24, 2.45) is 5.92 Å². The predicted molar refractivity (Wildman–Crippen MR) is 128 cm³/mol. The molecule has 5 rings (SSSR count). The molecule has 0 bridgehead atoms. The van der Waals surface area contributed by atoms with Crippen LogP contribution < -0.4 is 10.2 Å². The molecule has 0 saturated carbocycles. The lowest BCUT2D eigenvalue weighted by atomic mass is 9.96. The second-order valence-corrected chi connectivity index (χ2v) is 8.73. The topological polar surface area (TPSA) is 84.2 Å². The summed E-state index contributed by atoms with van der Waals surface area (Å²) in [6.07, 6.45) is 3.95. The number of nitrogens with one attached hydrogen (secondary N) is 1. The average molecular weight is 460 g/mol. The van der Waals surface area contributed by atoms with Crippen LogP contribution in [0.25, 0.3) is 22.4 Å². The Kier molecular flexibility index (Phi) is 6.20. The van der Waals surface area contributed by atoms with Gasteiger partial charge in [0.05, 0.1) is 5.92 Å². The summed E-state index contributed by atoms with van der Waals surface area (Å²) in [6.45, 7) is 4.00. The molecule has 1 aliphatic heterocycles. The first-order valence-electron chi connectivity index (χ1n) is 11.5. The highest BCUT2D eigenvalue weighted by Gasteiger charge is 2.29. The predicted octanol–water partition coefficient (Wildman–Crippen LogP) is 4.31. The standard InChI is InChI=1S/C26H26FN5O2/c1-17-4-2-5-18(14-17)11-12-28-25(33)20-6-3-13-32(15-20)24-22-23(19-7-9-21(27)10-8-19)31-34-26(22)30-16-29-24/h2,4-5,7-10,14,16,20H,3,6,11-13,15H2,1H3,(H,28,33)/t20-/m0/s1. The van der Waals surface area contributed by atoms with Crippen LogP contribution in [0.15, 0.2) is 59.4 Å². The van der Waals surface area contributed by atoms with Gasteiger partial charge in [0, 0.05) is 25.2 Å². The number of nitrogens with zero attached hydrogens (tertiary/aromatic N) is 4. The Morgan fingerprint density at radius 1 is 1.21 bits per heavy atom. The molecule has 2 aromatic heterocycles. The molecule has 0 radical (unpaired) electrons. The number of aryl methyl sites for hydroxylation is 1. The highest BCUT2D eigenvalue weighted by atomic mass is 19.1. The number of rotatable bonds is 6. The van der Waals surface area contributed by atoms with Crippen LogP contribution in [-0.2, 0) is 11.2 Å². The summed E-state index contributed by atoms with van der Waals surface area (Å²) in [7, 11) is 0. The minimum Gasteiger partial charge on any atom is -0.355 e. The van der Waals surface area contributed by atoms with Gasteiger partial charge in [-0.25, -0.2) is 9.37 Å². The van der Waals surface area contributed by atoms with Crippen LogP contribution in [0.5, 0.6) is 0 Å². The molecular formula is C26H26FN5O2. The molecule has 3 heterocycles. The minimum absolute atomic E-state index is 0.0618. The van der Waals surface area contributed by atoms with Crippen molar-refractivity contribution in [1.82, 2.24) is 20.4 Å². The molecule has 7 nitrogen and oxygen atoms in total. The monoisotopic (exact) mass is 459 g/mol. The van der Waals surface area contributed by atoms with Crippen molar-refractivity contribution in [2.45, 2.75) is 26.2 Å². The van der Waals surface area contributed by atoms with E-state index < -0.39 is 0 Å². The first-order chi connectivity index (χ1) is 16.6. The number of fused-ring (bicyclic) bond motifs is 1. The Bertz CT molecular complexity index is 1300. The number of amides is 1. The quantitative estimate of drug-likeness (QED) is 0.463. The Morgan fingerprint density at radius 3 is 2.88 bits per heavy atom. The fraction of sp³-hybridized carbons (Fsp3) is 0.308. The normalized spacial score (nSPS) is 16.1. The number of halogens is 1. The summed E-state index contributed by atoms with van der Waals surface area (Å²) in [4.78, 5) is 23.8. The summed E-state index contributed by atoms with van der Waals surface area (Å²) < 4.78 is 18.9. The molecule has 8 heteroatoms. The molecule has 1 amide bonds. The maximum atomic E-state index is 13.4. The van der Waals surface area contributed by atoms with Gasteiger partial charge in [-0.3, -0.25) is 4.79 Å². The lowest BCUT2D eigenvalue weighted by molar-refractivity contribution is -0.125. The third-order valence-electron chi connectivity index (χ3n) is 6.26. The van der Waals surface area contributed by atoms with E-state index in [0.717, 1.165) is 31.4 Å². The van der Waals surface area contributed by atoms with Crippen LogP contribution in [0.3, 0.4) is 0 Å². The first-order valence-corrected chi connectivity index (χ1v) is 11.5. The molecule has 4 aromatic rings. The van der Waals surface area contributed by atoms with Gasteiger partial charge in [0.25, 0.3) is 5.71 Å². The zero-order chi connectivity index (χ0) is 23.5. The third kappa shape index (κ3) is 4.62. The smallest absolute Gasteiger partial charge is 0.263 e. The molecule has 1 N–H and O–H groups in total. The van der Waals surface area contributed by atoms with Gasteiger partial charge in [-0.15, -0.1) is 0 Å². The SMILES string of the molecule is Cc1cccc(CCNC(=O)[C@H]2CCCN(c3ncnc4onc(-c5ccc(F)cc5)c34)C2)c1. The Balaban J connectivity index is 1.31. The zero-order valence-electron chi connectivity index (χ0n) is 19.0. The number of aromatic nitrogens is 3. The van der Waals surface area contributed by atoms with Gasteiger partial charge < -0.3 is 14.7 Å². The van der Waals surface area contributed by atoms with E-state index in [-0.39, 0.29) is 17.6 Å². The Morgan fingerprint density at radius 2 is 2.06 bits per heavy atom. The van der Waals surface area contributed by atoms with E-state index in [1.807, 2.05) is 6.07 Å². The molecule has 1 fully saturated rings. The first kappa shape index (κ1) is 22.0.